The van der Waals surface area contributed by atoms with Gasteiger partial charge in [-0.25, -0.2) is 13.2 Å². The first kappa shape index (κ1) is 13.1. The second kappa shape index (κ2) is 4.88. The first-order valence-electron chi connectivity index (χ1n) is 5.44. The van der Waals surface area contributed by atoms with Gasteiger partial charge in [0, 0.05) is 12.1 Å². The van der Waals surface area contributed by atoms with Gasteiger partial charge in [0.2, 0.25) is 0 Å². The van der Waals surface area contributed by atoms with Gasteiger partial charge in [0.05, 0.1) is 4.88 Å². The summed E-state index contributed by atoms with van der Waals surface area (Å²) in [7, 11) is 0. The van der Waals surface area contributed by atoms with Crippen molar-refractivity contribution in [3.05, 3.63) is 51.9 Å². The van der Waals surface area contributed by atoms with Gasteiger partial charge in [-0.3, -0.25) is 9.67 Å². The fraction of sp³-hybridized carbons (Fsp3) is 0. The highest BCUT2D eigenvalue weighted by Crippen LogP contribution is 2.28. The minimum atomic E-state index is -1.04. The molecule has 102 valence electrons. The molecule has 0 saturated heterocycles. The number of hydrogen-bond acceptors (Lipinski definition) is 3. The predicted molar refractivity (Wildman–Crippen MR) is 71.9 cm³/mol. The topological polar surface area (TPSA) is 33.6 Å². The maximum atomic E-state index is 13.9. The van der Waals surface area contributed by atoms with Crippen LogP contribution < -0.4 is 0 Å². The lowest BCUT2D eigenvalue weighted by Crippen LogP contribution is -2.04. The van der Waals surface area contributed by atoms with Crippen LogP contribution in [0, 0.1) is 22.2 Å². The monoisotopic (exact) mass is 313 g/mol. The molecule has 20 heavy (non-hydrogen) atoms. The zero-order valence-corrected chi connectivity index (χ0v) is 11.4. The number of nitrogens with one attached hydrogen (secondary N) is 1. The molecule has 0 unspecified atom stereocenters. The van der Waals surface area contributed by atoms with E-state index in [1.807, 2.05) is 0 Å². The van der Waals surface area contributed by atoms with Crippen molar-refractivity contribution in [3.8, 4) is 16.4 Å². The van der Waals surface area contributed by atoms with Crippen LogP contribution in [0.1, 0.15) is 0 Å². The van der Waals surface area contributed by atoms with Crippen LogP contribution >= 0.6 is 23.6 Å². The fourth-order valence-corrected chi connectivity index (χ4v) is 2.75. The average Bonchev–Trinajstić information content (AvgIpc) is 2.99. The van der Waals surface area contributed by atoms with E-state index in [4.69, 9.17) is 12.2 Å². The molecule has 0 aliphatic rings. The maximum Gasteiger partial charge on any atom is 0.200 e. The van der Waals surface area contributed by atoms with Crippen LogP contribution in [0.4, 0.5) is 13.2 Å². The number of aromatic nitrogens is 3. The lowest BCUT2D eigenvalue weighted by Gasteiger charge is -2.08. The molecule has 2 heterocycles. The van der Waals surface area contributed by atoms with Crippen molar-refractivity contribution in [1.29, 1.82) is 0 Å². The number of aromatic amines is 1. The second-order valence-corrected chi connectivity index (χ2v) is 5.22. The lowest BCUT2D eigenvalue weighted by molar-refractivity contribution is 0.534. The Morgan fingerprint density at radius 1 is 1.20 bits per heavy atom. The minimum Gasteiger partial charge on any atom is -0.261 e. The molecule has 0 saturated carbocycles. The van der Waals surface area contributed by atoms with Crippen molar-refractivity contribution in [2.45, 2.75) is 0 Å². The Bertz CT molecular complexity index is 798. The standard InChI is InChI=1S/C12H6F3N3S2/c13-6-4-7(14)10(8(15)5-6)18-11(16-17-12(18)19)9-2-1-3-20-9/h1-5H,(H,17,19). The van der Waals surface area contributed by atoms with Gasteiger partial charge in [0.1, 0.15) is 11.5 Å². The van der Waals surface area contributed by atoms with Crippen LogP contribution in [0.3, 0.4) is 0 Å². The van der Waals surface area contributed by atoms with Crippen LogP contribution in [0.15, 0.2) is 29.6 Å². The highest BCUT2D eigenvalue weighted by atomic mass is 32.1. The van der Waals surface area contributed by atoms with Gasteiger partial charge in [-0.15, -0.1) is 11.3 Å². The van der Waals surface area contributed by atoms with E-state index < -0.39 is 23.1 Å². The molecule has 0 radical (unpaired) electrons. The largest absolute Gasteiger partial charge is 0.261 e. The third-order valence-corrected chi connectivity index (χ3v) is 3.76. The van der Waals surface area contributed by atoms with Crippen molar-refractivity contribution < 1.29 is 13.2 Å². The van der Waals surface area contributed by atoms with Crippen molar-refractivity contribution in [2.75, 3.05) is 0 Å². The molecule has 2 aromatic heterocycles. The number of benzene rings is 1. The summed E-state index contributed by atoms with van der Waals surface area (Å²) in [6, 6.07) is 4.72. The van der Waals surface area contributed by atoms with Crippen LogP contribution in [-0.2, 0) is 0 Å². The van der Waals surface area contributed by atoms with Crippen molar-refractivity contribution in [1.82, 2.24) is 14.8 Å². The molecule has 3 rings (SSSR count). The summed E-state index contributed by atoms with van der Waals surface area (Å²) < 4.78 is 41.9. The van der Waals surface area contributed by atoms with Gasteiger partial charge in [-0.05, 0) is 23.7 Å². The van der Waals surface area contributed by atoms with E-state index in [-0.39, 0.29) is 10.6 Å². The van der Waals surface area contributed by atoms with Gasteiger partial charge in [0.15, 0.2) is 22.2 Å². The molecule has 0 atom stereocenters. The van der Waals surface area contributed by atoms with Crippen molar-refractivity contribution in [3.63, 3.8) is 0 Å². The molecular formula is C12H6F3N3S2. The lowest BCUT2D eigenvalue weighted by atomic mass is 10.2. The molecule has 8 heteroatoms. The van der Waals surface area contributed by atoms with E-state index in [9.17, 15) is 13.2 Å². The molecule has 3 aromatic rings. The van der Waals surface area contributed by atoms with Crippen LogP contribution in [0.25, 0.3) is 16.4 Å². The Balaban J connectivity index is 2.32. The molecule has 1 aromatic carbocycles. The van der Waals surface area contributed by atoms with Gasteiger partial charge >= 0.3 is 0 Å². The van der Waals surface area contributed by atoms with Gasteiger partial charge in [-0.1, -0.05) is 6.07 Å². The molecule has 0 aliphatic heterocycles. The number of nitrogens with zero attached hydrogens (tertiary/aromatic N) is 2. The summed E-state index contributed by atoms with van der Waals surface area (Å²) in [5.41, 5.74) is -0.450. The Morgan fingerprint density at radius 2 is 1.90 bits per heavy atom. The SMILES string of the molecule is Fc1cc(F)c(-n2c(-c3cccs3)n[nH]c2=S)c(F)c1. The molecule has 0 fully saturated rings. The van der Waals surface area contributed by atoms with Crippen LogP contribution in [0.2, 0.25) is 0 Å². The van der Waals surface area contributed by atoms with Crippen molar-refractivity contribution in [2.24, 2.45) is 0 Å². The quantitative estimate of drug-likeness (QED) is 0.723. The third kappa shape index (κ3) is 2.06. The number of hydrogen-bond donors (Lipinski definition) is 1. The first-order chi connectivity index (χ1) is 9.58. The zero-order chi connectivity index (χ0) is 14.3. The van der Waals surface area contributed by atoms with Crippen molar-refractivity contribution >= 4 is 23.6 Å². The van der Waals surface area contributed by atoms with E-state index in [0.717, 1.165) is 4.57 Å². The number of thiophene rings is 1. The van der Waals surface area contributed by atoms with E-state index >= 15 is 0 Å². The summed E-state index contributed by atoms with van der Waals surface area (Å²) in [5, 5.41) is 8.26. The smallest absolute Gasteiger partial charge is 0.200 e. The molecule has 0 aliphatic carbocycles. The number of rotatable bonds is 2. The normalized spacial score (nSPS) is 10.9. The molecule has 0 amide bonds. The maximum absolute atomic E-state index is 13.9. The van der Waals surface area contributed by atoms with E-state index in [1.165, 1.54) is 11.3 Å². The van der Waals surface area contributed by atoms with E-state index in [0.29, 0.717) is 17.0 Å². The number of H-pyrrole nitrogens is 1. The highest BCUT2D eigenvalue weighted by molar-refractivity contribution is 7.71. The van der Waals surface area contributed by atoms with Crippen LogP contribution in [-0.4, -0.2) is 14.8 Å². The molecule has 0 bridgehead atoms. The third-order valence-electron chi connectivity index (χ3n) is 2.62. The second-order valence-electron chi connectivity index (χ2n) is 3.88. The number of halogens is 3. The Labute approximate surface area is 120 Å². The fourth-order valence-electron chi connectivity index (χ4n) is 1.82. The van der Waals surface area contributed by atoms with Gasteiger partial charge < -0.3 is 0 Å². The summed E-state index contributed by atoms with van der Waals surface area (Å²) in [6.45, 7) is 0. The van der Waals surface area contributed by atoms with Gasteiger partial charge in [-0.2, -0.15) is 5.10 Å². The molecule has 3 nitrogen and oxygen atoms in total. The Hall–Kier alpha value is -1.93. The molecule has 1 N–H and O–H groups in total. The minimum absolute atomic E-state index is 0.0257. The highest BCUT2D eigenvalue weighted by Gasteiger charge is 2.19. The average molecular weight is 313 g/mol. The van der Waals surface area contributed by atoms with Crippen LogP contribution in [0.5, 0.6) is 0 Å². The molecular weight excluding hydrogens is 307 g/mol. The zero-order valence-electron chi connectivity index (χ0n) is 9.73. The Morgan fingerprint density at radius 3 is 2.50 bits per heavy atom. The predicted octanol–water partition coefficient (Wildman–Crippen LogP) is 4.08. The summed E-state index contributed by atoms with van der Waals surface area (Å²) >= 11 is 6.35. The summed E-state index contributed by atoms with van der Waals surface area (Å²) in [5.74, 6) is -2.80. The van der Waals surface area contributed by atoms with E-state index in [1.54, 1.807) is 17.5 Å². The Kier molecular flexibility index (Phi) is 3.19. The van der Waals surface area contributed by atoms with E-state index in [2.05, 4.69) is 10.2 Å². The molecule has 0 spiro atoms. The summed E-state index contributed by atoms with van der Waals surface area (Å²) in [4.78, 5) is 0.681. The van der Waals surface area contributed by atoms with Gasteiger partial charge in [0.25, 0.3) is 0 Å². The first-order valence-corrected chi connectivity index (χ1v) is 6.73. The summed E-state index contributed by atoms with van der Waals surface area (Å²) in [6.07, 6.45) is 0.